The maximum absolute atomic E-state index is 13.0. The molecule has 1 N–H and O–H groups in total. The molecule has 1 fully saturated rings. The highest BCUT2D eigenvalue weighted by Gasteiger charge is 2.23. The average Bonchev–Trinajstić information content (AvgIpc) is 3.34. The zero-order chi connectivity index (χ0) is 29.6. The molecule has 0 unspecified atom stereocenters. The molecule has 1 aliphatic rings. The van der Waals surface area contributed by atoms with Gasteiger partial charge in [0, 0.05) is 25.7 Å². The first-order chi connectivity index (χ1) is 19.6. The molecule has 0 radical (unpaired) electrons. The Morgan fingerprint density at radius 2 is 1.78 bits per heavy atom. The van der Waals surface area contributed by atoms with Crippen LogP contribution in [0.4, 0.5) is 11.6 Å². The van der Waals surface area contributed by atoms with Crippen molar-refractivity contribution >= 4 is 30.8 Å². The van der Waals surface area contributed by atoms with Crippen LogP contribution in [-0.4, -0.2) is 75.8 Å². The molecule has 1 aromatic carbocycles. The number of benzene rings is 1. The second kappa shape index (κ2) is 13.4. The van der Waals surface area contributed by atoms with E-state index in [-0.39, 0.29) is 29.8 Å². The maximum atomic E-state index is 13.0. The minimum Gasteiger partial charge on any atom is -0.479 e. The molecule has 3 aromatic rings. The van der Waals surface area contributed by atoms with Gasteiger partial charge in [0.2, 0.25) is 23.6 Å². The normalized spacial score (nSPS) is 13.4. The first-order valence-electron chi connectivity index (χ1n) is 14.3. The van der Waals surface area contributed by atoms with Gasteiger partial charge < -0.3 is 33.7 Å². The summed E-state index contributed by atoms with van der Waals surface area (Å²) in [4.78, 5) is 26.8. The van der Waals surface area contributed by atoms with Crippen molar-refractivity contribution in [3.63, 3.8) is 0 Å². The van der Waals surface area contributed by atoms with E-state index in [9.17, 15) is 4.79 Å². The van der Waals surface area contributed by atoms with Crippen LogP contribution in [0.2, 0.25) is 19.6 Å². The zero-order valence-corrected chi connectivity index (χ0v) is 26.4. The second-order valence-electron chi connectivity index (χ2n) is 11.4. The van der Waals surface area contributed by atoms with E-state index in [2.05, 4.69) is 69.8 Å². The SMILES string of the molecule is CCCN(CCN1CCC1)c1nc(OC)c(NC(=O)Cc2ccc(Oc3cc([Si](C)(C)C)ccc3C)o2)c(OC)n1. The maximum Gasteiger partial charge on any atom is 0.290 e. The fourth-order valence-corrected chi connectivity index (χ4v) is 5.69. The Morgan fingerprint density at radius 3 is 2.37 bits per heavy atom. The fraction of sp³-hybridized carbons (Fsp3) is 0.500. The van der Waals surface area contributed by atoms with Crippen LogP contribution in [0, 0.1) is 6.92 Å². The highest BCUT2D eigenvalue weighted by molar-refractivity contribution is 6.88. The molecule has 11 heteroatoms. The van der Waals surface area contributed by atoms with Crippen molar-refractivity contribution in [2.24, 2.45) is 0 Å². The molecule has 10 nitrogen and oxygen atoms in total. The number of carbonyl (C=O) groups excluding carboxylic acids is 1. The molecule has 222 valence electrons. The van der Waals surface area contributed by atoms with Gasteiger partial charge in [0.25, 0.3) is 5.95 Å². The van der Waals surface area contributed by atoms with Crippen LogP contribution in [0.15, 0.2) is 34.7 Å². The van der Waals surface area contributed by atoms with Gasteiger partial charge in [0.15, 0.2) is 5.69 Å². The lowest BCUT2D eigenvalue weighted by Crippen LogP contribution is -2.43. The van der Waals surface area contributed by atoms with Gasteiger partial charge in [-0.15, -0.1) is 0 Å². The third-order valence-electron chi connectivity index (χ3n) is 7.13. The number of methoxy groups -OCH3 is 2. The van der Waals surface area contributed by atoms with Gasteiger partial charge in [0.1, 0.15) is 11.5 Å². The number of rotatable bonds is 14. The van der Waals surface area contributed by atoms with Crippen LogP contribution in [0.5, 0.6) is 23.5 Å². The Hall–Kier alpha value is -3.57. The Kier molecular flexibility index (Phi) is 9.93. The van der Waals surface area contributed by atoms with Gasteiger partial charge in [-0.05, 0) is 50.6 Å². The molecule has 3 heterocycles. The predicted octanol–water partition coefficient (Wildman–Crippen LogP) is 4.84. The highest BCUT2D eigenvalue weighted by Crippen LogP contribution is 2.34. The number of likely N-dealkylation sites (tertiary alicyclic amines) is 1. The first-order valence-corrected chi connectivity index (χ1v) is 17.8. The van der Waals surface area contributed by atoms with E-state index in [1.807, 2.05) is 6.92 Å². The minimum atomic E-state index is -1.50. The molecule has 0 spiro atoms. The van der Waals surface area contributed by atoms with Gasteiger partial charge in [-0.3, -0.25) is 4.79 Å². The molecular weight excluding hydrogens is 538 g/mol. The Labute approximate surface area is 244 Å². The van der Waals surface area contributed by atoms with Crippen LogP contribution in [0.1, 0.15) is 31.1 Å². The average molecular weight is 582 g/mol. The molecule has 41 heavy (non-hydrogen) atoms. The standard InChI is InChI=1S/C30H43N5O5Si/c1-8-14-35(18-17-34-15-9-16-34)30-32-28(37-3)27(29(33-30)38-4)31-25(36)19-22-11-13-26(39-22)40-24-20-23(41(5,6)7)12-10-21(24)2/h10-13,20H,8-9,14-19H2,1-7H3,(H,31,36). The Bertz CT molecular complexity index is 1310. The van der Waals surface area contributed by atoms with Crippen LogP contribution in [0.25, 0.3) is 0 Å². The van der Waals surface area contributed by atoms with E-state index in [1.165, 1.54) is 25.8 Å². The van der Waals surface area contributed by atoms with E-state index in [0.717, 1.165) is 50.5 Å². The van der Waals surface area contributed by atoms with E-state index >= 15 is 0 Å². The summed E-state index contributed by atoms with van der Waals surface area (Å²) in [6.07, 6.45) is 2.19. The molecule has 1 amide bonds. The number of anilines is 2. The number of amides is 1. The summed E-state index contributed by atoms with van der Waals surface area (Å²) in [6, 6.07) is 9.79. The number of hydrogen-bond donors (Lipinski definition) is 1. The molecule has 0 atom stereocenters. The summed E-state index contributed by atoms with van der Waals surface area (Å²) in [7, 11) is 1.53. The van der Waals surface area contributed by atoms with Crippen LogP contribution in [-0.2, 0) is 11.2 Å². The predicted molar refractivity (Wildman–Crippen MR) is 164 cm³/mol. The Balaban J connectivity index is 1.45. The van der Waals surface area contributed by atoms with E-state index in [0.29, 0.717) is 17.7 Å². The molecule has 0 saturated carbocycles. The quantitative estimate of drug-likeness (QED) is 0.268. The summed E-state index contributed by atoms with van der Waals surface area (Å²) in [5, 5.41) is 4.15. The Morgan fingerprint density at radius 1 is 1.07 bits per heavy atom. The summed E-state index contributed by atoms with van der Waals surface area (Å²) in [5.74, 6) is 2.23. The van der Waals surface area contributed by atoms with E-state index in [1.54, 1.807) is 12.1 Å². The van der Waals surface area contributed by atoms with Gasteiger partial charge in [0.05, 0.1) is 28.7 Å². The second-order valence-corrected chi connectivity index (χ2v) is 16.5. The summed E-state index contributed by atoms with van der Waals surface area (Å²) in [6.45, 7) is 15.8. The van der Waals surface area contributed by atoms with Crippen molar-refractivity contribution in [2.75, 3.05) is 57.2 Å². The van der Waals surface area contributed by atoms with E-state index < -0.39 is 8.07 Å². The number of nitrogens with one attached hydrogen (secondary N) is 1. The van der Waals surface area contributed by atoms with Gasteiger partial charge in [-0.2, -0.15) is 9.97 Å². The van der Waals surface area contributed by atoms with Crippen molar-refractivity contribution in [1.29, 1.82) is 0 Å². The van der Waals surface area contributed by atoms with Gasteiger partial charge in [-0.25, -0.2) is 0 Å². The fourth-order valence-electron chi connectivity index (χ4n) is 4.54. The molecular formula is C30H43N5O5Si. The van der Waals surface area contributed by atoms with E-state index in [4.69, 9.17) is 18.6 Å². The van der Waals surface area contributed by atoms with Crippen molar-refractivity contribution in [3.05, 3.63) is 41.7 Å². The van der Waals surface area contributed by atoms with Gasteiger partial charge >= 0.3 is 0 Å². The smallest absolute Gasteiger partial charge is 0.290 e. The molecule has 0 aliphatic carbocycles. The summed E-state index contributed by atoms with van der Waals surface area (Å²) >= 11 is 0. The van der Waals surface area contributed by atoms with Crippen molar-refractivity contribution in [3.8, 4) is 23.5 Å². The number of ether oxygens (including phenoxy) is 3. The molecule has 4 rings (SSSR count). The summed E-state index contributed by atoms with van der Waals surface area (Å²) < 4.78 is 23.0. The summed E-state index contributed by atoms with van der Waals surface area (Å²) in [5.41, 5.74) is 1.30. The van der Waals surface area contributed by atoms with Crippen molar-refractivity contribution in [1.82, 2.24) is 14.9 Å². The molecule has 1 saturated heterocycles. The monoisotopic (exact) mass is 581 g/mol. The number of furan rings is 1. The first kappa shape index (κ1) is 30.4. The molecule has 1 aliphatic heterocycles. The van der Waals surface area contributed by atoms with Gasteiger partial charge in [-0.1, -0.05) is 43.9 Å². The topological polar surface area (TPSA) is 102 Å². The molecule has 0 bridgehead atoms. The van der Waals surface area contributed by atoms with Crippen LogP contribution >= 0.6 is 0 Å². The third kappa shape index (κ3) is 7.79. The number of carbonyl (C=O) groups is 1. The molecule has 2 aromatic heterocycles. The number of hydrogen-bond acceptors (Lipinski definition) is 9. The number of aromatic nitrogens is 2. The third-order valence-corrected chi connectivity index (χ3v) is 9.17. The van der Waals surface area contributed by atoms with Crippen molar-refractivity contribution in [2.45, 2.75) is 52.8 Å². The number of aryl methyl sites for hydroxylation is 1. The number of nitrogens with zero attached hydrogens (tertiary/aromatic N) is 4. The van der Waals surface area contributed by atoms with Crippen molar-refractivity contribution < 1.29 is 23.4 Å². The lowest BCUT2D eigenvalue weighted by atomic mass is 10.2. The lowest BCUT2D eigenvalue weighted by molar-refractivity contribution is -0.115. The highest BCUT2D eigenvalue weighted by atomic mass is 28.3. The zero-order valence-electron chi connectivity index (χ0n) is 25.4. The van der Waals surface area contributed by atoms with Crippen LogP contribution in [0.3, 0.4) is 0 Å². The minimum absolute atomic E-state index is 0.0108. The van der Waals surface area contributed by atoms with Crippen LogP contribution < -0.4 is 29.6 Å². The lowest BCUT2D eigenvalue weighted by Gasteiger charge is -2.33. The largest absolute Gasteiger partial charge is 0.479 e.